The Bertz CT molecular complexity index is 598. The standard InChI is InChI=1S/C21H30Br2O/c1-6-7-12-24-18(14-19(22)23)15-8-9-16-17(13-15)21(4,5)11-10-20(16,2)3/h8-9,13-14,18H,6-7,10-12H2,1-5H3. The molecule has 3 heteroatoms. The summed E-state index contributed by atoms with van der Waals surface area (Å²) < 4.78 is 7.09. The maximum absolute atomic E-state index is 6.15. The fourth-order valence-electron chi connectivity index (χ4n) is 3.49. The van der Waals surface area contributed by atoms with Crippen LogP contribution >= 0.6 is 31.9 Å². The van der Waals surface area contributed by atoms with Crippen LogP contribution in [0.25, 0.3) is 0 Å². The summed E-state index contributed by atoms with van der Waals surface area (Å²) in [4.78, 5) is 0. The van der Waals surface area contributed by atoms with Crippen LogP contribution in [0.15, 0.2) is 27.7 Å². The van der Waals surface area contributed by atoms with Gasteiger partial charge in [-0.1, -0.05) is 59.2 Å². The van der Waals surface area contributed by atoms with Gasteiger partial charge in [-0.25, -0.2) is 0 Å². The number of benzene rings is 1. The van der Waals surface area contributed by atoms with Crippen LogP contribution in [-0.4, -0.2) is 6.61 Å². The second-order valence-electron chi connectivity index (χ2n) is 8.17. The fourth-order valence-corrected chi connectivity index (χ4v) is 3.97. The average Bonchev–Trinajstić information content (AvgIpc) is 2.50. The lowest BCUT2D eigenvalue weighted by atomic mass is 9.63. The van der Waals surface area contributed by atoms with E-state index in [0.717, 1.165) is 22.8 Å². The van der Waals surface area contributed by atoms with Crippen molar-refractivity contribution >= 4 is 31.9 Å². The lowest BCUT2D eigenvalue weighted by Gasteiger charge is -2.42. The third kappa shape index (κ3) is 4.74. The first kappa shape index (κ1) is 20.2. The van der Waals surface area contributed by atoms with E-state index in [-0.39, 0.29) is 16.9 Å². The first-order valence-corrected chi connectivity index (χ1v) is 10.6. The Balaban J connectivity index is 2.41. The molecule has 0 fully saturated rings. The SMILES string of the molecule is CCCCOC(C=C(Br)Br)c1ccc2c(c1)C(C)(C)CCC2(C)C. The first-order valence-electron chi connectivity index (χ1n) is 8.97. The molecule has 1 nitrogen and oxygen atoms in total. The van der Waals surface area contributed by atoms with Crippen LogP contribution in [0.5, 0.6) is 0 Å². The van der Waals surface area contributed by atoms with Crippen molar-refractivity contribution in [2.75, 3.05) is 6.61 Å². The largest absolute Gasteiger partial charge is 0.369 e. The molecule has 0 amide bonds. The van der Waals surface area contributed by atoms with E-state index in [2.05, 4.69) is 90.8 Å². The molecule has 0 heterocycles. The van der Waals surface area contributed by atoms with Gasteiger partial charge in [0.25, 0.3) is 0 Å². The molecule has 2 rings (SSSR count). The van der Waals surface area contributed by atoms with Crippen LogP contribution in [0, 0.1) is 0 Å². The Morgan fingerprint density at radius 3 is 2.33 bits per heavy atom. The first-order chi connectivity index (χ1) is 11.2. The minimum absolute atomic E-state index is 0.0172. The van der Waals surface area contributed by atoms with Crippen LogP contribution in [0.1, 0.15) is 83.1 Å². The van der Waals surface area contributed by atoms with E-state index < -0.39 is 0 Å². The van der Waals surface area contributed by atoms with Gasteiger partial charge in [0, 0.05) is 6.61 Å². The summed E-state index contributed by atoms with van der Waals surface area (Å²) in [6.45, 7) is 12.5. The molecule has 0 aliphatic heterocycles. The Morgan fingerprint density at radius 1 is 1.12 bits per heavy atom. The van der Waals surface area contributed by atoms with Gasteiger partial charge in [-0.3, -0.25) is 0 Å². The van der Waals surface area contributed by atoms with Gasteiger partial charge in [0.2, 0.25) is 0 Å². The zero-order valence-electron chi connectivity index (χ0n) is 15.6. The molecule has 1 atom stereocenters. The monoisotopic (exact) mass is 456 g/mol. The van der Waals surface area contributed by atoms with Gasteiger partial charge in [-0.15, -0.1) is 0 Å². The maximum atomic E-state index is 6.15. The summed E-state index contributed by atoms with van der Waals surface area (Å²) in [5.74, 6) is 0. The molecular formula is C21H30Br2O. The molecule has 0 saturated heterocycles. The molecule has 1 aromatic rings. The van der Waals surface area contributed by atoms with E-state index in [0.29, 0.717) is 0 Å². The number of halogens is 2. The van der Waals surface area contributed by atoms with Gasteiger partial charge in [0.05, 0.1) is 3.39 Å². The molecule has 0 radical (unpaired) electrons. The highest BCUT2D eigenvalue weighted by Gasteiger charge is 2.37. The minimum Gasteiger partial charge on any atom is -0.369 e. The third-order valence-corrected chi connectivity index (χ3v) is 5.81. The Hall–Kier alpha value is -0.120. The molecule has 0 saturated carbocycles. The van der Waals surface area contributed by atoms with E-state index >= 15 is 0 Å². The van der Waals surface area contributed by atoms with Gasteiger partial charge >= 0.3 is 0 Å². The molecular weight excluding hydrogens is 428 g/mol. The summed E-state index contributed by atoms with van der Waals surface area (Å²) in [5, 5.41) is 0. The van der Waals surface area contributed by atoms with Crippen molar-refractivity contribution in [3.8, 4) is 0 Å². The van der Waals surface area contributed by atoms with Crippen molar-refractivity contribution in [3.05, 3.63) is 44.4 Å². The highest BCUT2D eigenvalue weighted by molar-refractivity contribution is 9.28. The predicted molar refractivity (Wildman–Crippen MR) is 111 cm³/mol. The van der Waals surface area contributed by atoms with E-state index in [1.807, 2.05) is 0 Å². The molecule has 0 N–H and O–H groups in total. The van der Waals surface area contributed by atoms with E-state index in [4.69, 9.17) is 4.74 Å². The van der Waals surface area contributed by atoms with Crippen molar-refractivity contribution in [2.24, 2.45) is 0 Å². The predicted octanol–water partition coefficient (Wildman–Crippen LogP) is 7.52. The van der Waals surface area contributed by atoms with Crippen molar-refractivity contribution < 1.29 is 4.74 Å². The summed E-state index contributed by atoms with van der Waals surface area (Å²) >= 11 is 6.99. The Kier molecular flexibility index (Phi) is 6.78. The van der Waals surface area contributed by atoms with Crippen LogP contribution in [0.3, 0.4) is 0 Å². The maximum Gasteiger partial charge on any atom is 0.103 e. The minimum atomic E-state index is -0.0172. The van der Waals surface area contributed by atoms with Crippen molar-refractivity contribution in [1.82, 2.24) is 0 Å². The number of unbranched alkanes of at least 4 members (excludes halogenated alkanes) is 1. The molecule has 0 aromatic heterocycles. The Morgan fingerprint density at radius 2 is 1.75 bits per heavy atom. The quantitative estimate of drug-likeness (QED) is 0.401. The highest BCUT2D eigenvalue weighted by Crippen LogP contribution is 2.46. The van der Waals surface area contributed by atoms with E-state index in [1.165, 1.54) is 29.5 Å². The summed E-state index contributed by atoms with van der Waals surface area (Å²) in [6.07, 6.45) is 6.80. The van der Waals surface area contributed by atoms with E-state index in [1.54, 1.807) is 0 Å². The van der Waals surface area contributed by atoms with Gasteiger partial charge < -0.3 is 4.74 Å². The van der Waals surface area contributed by atoms with Crippen molar-refractivity contribution in [1.29, 1.82) is 0 Å². The van der Waals surface area contributed by atoms with Crippen LogP contribution in [-0.2, 0) is 15.6 Å². The highest BCUT2D eigenvalue weighted by atomic mass is 79.9. The zero-order valence-corrected chi connectivity index (χ0v) is 18.8. The number of fused-ring (bicyclic) bond motifs is 1. The fraction of sp³-hybridized carbons (Fsp3) is 0.619. The Labute approximate surface area is 164 Å². The smallest absolute Gasteiger partial charge is 0.103 e. The van der Waals surface area contributed by atoms with E-state index in [9.17, 15) is 0 Å². The summed E-state index contributed by atoms with van der Waals surface area (Å²) in [7, 11) is 0. The molecule has 1 aliphatic carbocycles. The van der Waals surface area contributed by atoms with Crippen molar-refractivity contribution in [3.63, 3.8) is 0 Å². The van der Waals surface area contributed by atoms with Gasteiger partial charge in [0.15, 0.2) is 0 Å². The normalized spacial score (nSPS) is 19.5. The molecule has 134 valence electrons. The summed E-state index contributed by atoms with van der Waals surface area (Å²) in [6, 6.07) is 6.96. The molecule has 1 unspecified atom stereocenters. The van der Waals surface area contributed by atoms with Gasteiger partial charge in [-0.2, -0.15) is 0 Å². The molecule has 1 aliphatic rings. The number of ether oxygens (including phenoxy) is 1. The van der Waals surface area contributed by atoms with Gasteiger partial charge in [0.1, 0.15) is 6.10 Å². The topological polar surface area (TPSA) is 9.23 Å². The number of hydrogen-bond donors (Lipinski definition) is 0. The van der Waals surface area contributed by atoms with Crippen LogP contribution < -0.4 is 0 Å². The van der Waals surface area contributed by atoms with Crippen molar-refractivity contribution in [2.45, 2.75) is 77.2 Å². The zero-order chi connectivity index (χ0) is 18.0. The van der Waals surface area contributed by atoms with Crippen LogP contribution in [0.2, 0.25) is 0 Å². The molecule has 0 spiro atoms. The second-order valence-corrected chi connectivity index (χ2v) is 10.9. The van der Waals surface area contributed by atoms with Crippen LogP contribution in [0.4, 0.5) is 0 Å². The number of hydrogen-bond acceptors (Lipinski definition) is 1. The second kappa shape index (κ2) is 8.05. The van der Waals surface area contributed by atoms with Gasteiger partial charge in [-0.05, 0) is 84.7 Å². The third-order valence-electron chi connectivity index (χ3n) is 5.28. The summed E-state index contributed by atoms with van der Waals surface area (Å²) in [5.41, 5.74) is 4.71. The molecule has 1 aromatic carbocycles. The average molecular weight is 458 g/mol. The number of rotatable bonds is 6. The lowest BCUT2D eigenvalue weighted by molar-refractivity contribution is 0.0828. The lowest BCUT2D eigenvalue weighted by Crippen LogP contribution is -2.34. The molecule has 0 bridgehead atoms. The molecule has 24 heavy (non-hydrogen) atoms.